The molecule has 0 unspecified atom stereocenters. The van der Waals surface area contributed by atoms with E-state index in [1.54, 1.807) is 19.1 Å². The van der Waals surface area contributed by atoms with E-state index in [1.165, 1.54) is 12.4 Å². The van der Waals surface area contributed by atoms with Gasteiger partial charge in [-0.2, -0.15) is 0 Å². The molecule has 0 bridgehead atoms. The predicted octanol–water partition coefficient (Wildman–Crippen LogP) is 1.96. The van der Waals surface area contributed by atoms with Gasteiger partial charge in [-0.15, -0.1) is 0 Å². The average Bonchev–Trinajstić information content (AvgIpc) is 2.47. The van der Waals surface area contributed by atoms with Crippen LogP contribution in [0, 0.1) is 6.92 Å². The quantitative estimate of drug-likeness (QED) is 0.710. The van der Waals surface area contributed by atoms with E-state index in [1.807, 2.05) is 6.92 Å². The third kappa shape index (κ3) is 1.63. The summed E-state index contributed by atoms with van der Waals surface area (Å²) in [6.07, 6.45) is 2.99. The van der Waals surface area contributed by atoms with Crippen LogP contribution in [0.25, 0.3) is 0 Å². The molecule has 20 heavy (non-hydrogen) atoms. The van der Waals surface area contributed by atoms with Gasteiger partial charge in [-0.05, 0) is 26.0 Å². The minimum atomic E-state index is -0.276. The number of pyridine rings is 2. The second-order valence-corrected chi connectivity index (χ2v) is 4.46. The van der Waals surface area contributed by atoms with Gasteiger partial charge in [-0.25, -0.2) is 4.98 Å². The smallest absolute Gasteiger partial charge is 0.214 e. The molecule has 5 nitrogen and oxygen atoms in total. The molecule has 0 spiro atoms. The van der Waals surface area contributed by atoms with Crippen LogP contribution < -0.4 is 4.74 Å². The molecule has 1 aliphatic rings. The van der Waals surface area contributed by atoms with Gasteiger partial charge in [0.1, 0.15) is 17.1 Å². The fraction of sp³-hybridized carbons (Fsp3) is 0.200. The summed E-state index contributed by atoms with van der Waals surface area (Å²) in [6.45, 7) is 4.08. The van der Waals surface area contributed by atoms with Gasteiger partial charge in [0.2, 0.25) is 11.6 Å². The molecule has 2 aromatic heterocycles. The zero-order valence-electron chi connectivity index (χ0n) is 11.1. The fourth-order valence-corrected chi connectivity index (χ4v) is 2.35. The predicted molar refractivity (Wildman–Crippen MR) is 71.2 cm³/mol. The zero-order chi connectivity index (χ0) is 14.3. The number of ketones is 2. The molecular formula is C15H12N2O3. The number of carbonyl (C=O) groups excluding carboxylic acids is 2. The van der Waals surface area contributed by atoms with E-state index < -0.39 is 0 Å². The summed E-state index contributed by atoms with van der Waals surface area (Å²) >= 11 is 0. The minimum Gasteiger partial charge on any atom is -0.492 e. The van der Waals surface area contributed by atoms with Gasteiger partial charge in [-0.3, -0.25) is 14.6 Å². The number of ether oxygens (including phenoxy) is 1. The normalized spacial score (nSPS) is 12.9. The van der Waals surface area contributed by atoms with Crippen LogP contribution >= 0.6 is 0 Å². The van der Waals surface area contributed by atoms with Crippen LogP contribution in [0.15, 0.2) is 24.5 Å². The van der Waals surface area contributed by atoms with Gasteiger partial charge in [0.25, 0.3) is 0 Å². The standard InChI is InChI=1S/C15H12N2O3/c1-3-20-10-7-17-13-11(8(10)2)15(19)12-9(14(13)18)5-4-6-16-12/h4-7H,3H2,1-2H3. The van der Waals surface area contributed by atoms with Crippen molar-refractivity contribution in [2.45, 2.75) is 13.8 Å². The Morgan fingerprint density at radius 3 is 2.70 bits per heavy atom. The highest BCUT2D eigenvalue weighted by Crippen LogP contribution is 2.30. The summed E-state index contributed by atoms with van der Waals surface area (Å²) in [4.78, 5) is 33.0. The second-order valence-electron chi connectivity index (χ2n) is 4.46. The average molecular weight is 268 g/mol. The maximum Gasteiger partial charge on any atom is 0.214 e. The number of aromatic nitrogens is 2. The first-order valence-electron chi connectivity index (χ1n) is 6.32. The molecule has 2 heterocycles. The van der Waals surface area contributed by atoms with Crippen molar-refractivity contribution >= 4 is 11.6 Å². The van der Waals surface area contributed by atoms with Crippen molar-refractivity contribution in [1.82, 2.24) is 9.97 Å². The van der Waals surface area contributed by atoms with E-state index in [0.717, 1.165) is 0 Å². The van der Waals surface area contributed by atoms with Gasteiger partial charge in [-0.1, -0.05) is 0 Å². The van der Waals surface area contributed by atoms with Crippen LogP contribution in [-0.4, -0.2) is 28.1 Å². The highest BCUT2D eigenvalue weighted by atomic mass is 16.5. The number of fused-ring (bicyclic) bond motifs is 2. The van der Waals surface area contributed by atoms with Gasteiger partial charge in [0.15, 0.2) is 0 Å². The molecule has 0 saturated heterocycles. The first-order valence-corrected chi connectivity index (χ1v) is 6.32. The summed E-state index contributed by atoms with van der Waals surface area (Å²) in [5.74, 6) is -0.0256. The summed E-state index contributed by atoms with van der Waals surface area (Å²) in [5.41, 5.74) is 1.60. The van der Waals surface area contributed by atoms with Crippen LogP contribution in [0.5, 0.6) is 5.75 Å². The number of hydrogen-bond donors (Lipinski definition) is 0. The van der Waals surface area contributed by atoms with Crippen LogP contribution in [0.3, 0.4) is 0 Å². The molecule has 3 rings (SSSR count). The largest absolute Gasteiger partial charge is 0.492 e. The van der Waals surface area contributed by atoms with Gasteiger partial charge >= 0.3 is 0 Å². The maximum absolute atomic E-state index is 12.5. The van der Waals surface area contributed by atoms with Crippen molar-refractivity contribution in [3.63, 3.8) is 0 Å². The summed E-state index contributed by atoms with van der Waals surface area (Å²) in [6, 6.07) is 3.23. The lowest BCUT2D eigenvalue weighted by atomic mass is 9.88. The Labute approximate surface area is 115 Å². The van der Waals surface area contributed by atoms with Crippen molar-refractivity contribution in [2.24, 2.45) is 0 Å². The molecule has 0 radical (unpaired) electrons. The van der Waals surface area contributed by atoms with Crippen molar-refractivity contribution in [2.75, 3.05) is 6.61 Å². The molecule has 5 heteroatoms. The summed E-state index contributed by atoms with van der Waals surface area (Å²) in [7, 11) is 0. The molecule has 0 N–H and O–H groups in total. The molecule has 0 fully saturated rings. The van der Waals surface area contributed by atoms with E-state index in [-0.39, 0.29) is 23.0 Å². The van der Waals surface area contributed by atoms with E-state index >= 15 is 0 Å². The molecule has 0 amide bonds. The highest BCUT2D eigenvalue weighted by molar-refractivity contribution is 6.27. The van der Waals surface area contributed by atoms with Gasteiger partial charge < -0.3 is 4.74 Å². The molecule has 2 aromatic rings. The maximum atomic E-state index is 12.5. The third-order valence-electron chi connectivity index (χ3n) is 3.30. The van der Waals surface area contributed by atoms with E-state index in [9.17, 15) is 9.59 Å². The Morgan fingerprint density at radius 2 is 1.95 bits per heavy atom. The fourth-order valence-electron chi connectivity index (χ4n) is 2.35. The number of rotatable bonds is 2. The number of carbonyl (C=O) groups is 2. The number of nitrogens with zero attached hydrogens (tertiary/aromatic N) is 2. The highest BCUT2D eigenvalue weighted by Gasteiger charge is 2.34. The summed E-state index contributed by atoms with van der Waals surface area (Å²) < 4.78 is 5.43. The van der Waals surface area contributed by atoms with Crippen LogP contribution in [0.4, 0.5) is 0 Å². The van der Waals surface area contributed by atoms with Gasteiger partial charge in [0.05, 0.1) is 23.9 Å². The zero-order valence-corrected chi connectivity index (χ0v) is 11.1. The Kier molecular flexibility index (Phi) is 2.82. The molecule has 0 aromatic carbocycles. The van der Waals surface area contributed by atoms with E-state index in [2.05, 4.69) is 9.97 Å². The molecule has 1 aliphatic carbocycles. The van der Waals surface area contributed by atoms with Gasteiger partial charge in [0, 0.05) is 11.8 Å². The second kappa shape index (κ2) is 4.52. The SMILES string of the molecule is CCOc1cnc2c(c1C)C(=O)c1ncccc1C2=O. The Bertz CT molecular complexity index is 738. The molecule has 0 atom stereocenters. The van der Waals surface area contributed by atoms with Crippen LogP contribution in [0.2, 0.25) is 0 Å². The summed E-state index contributed by atoms with van der Waals surface area (Å²) in [5, 5.41) is 0. The molecule has 100 valence electrons. The monoisotopic (exact) mass is 268 g/mol. The molecule has 0 aliphatic heterocycles. The minimum absolute atomic E-state index is 0.177. The lowest BCUT2D eigenvalue weighted by molar-refractivity contribution is 0.0970. The first kappa shape index (κ1) is 12.5. The van der Waals surface area contributed by atoms with Crippen molar-refractivity contribution in [3.8, 4) is 5.75 Å². The van der Waals surface area contributed by atoms with E-state index in [4.69, 9.17) is 4.74 Å². The Balaban J connectivity index is 2.26. The van der Waals surface area contributed by atoms with Crippen molar-refractivity contribution < 1.29 is 14.3 Å². The molecule has 0 saturated carbocycles. The van der Waals surface area contributed by atoms with Crippen molar-refractivity contribution in [3.05, 3.63) is 52.6 Å². The third-order valence-corrected chi connectivity index (χ3v) is 3.30. The Morgan fingerprint density at radius 1 is 1.15 bits per heavy atom. The lowest BCUT2D eigenvalue weighted by Gasteiger charge is -2.18. The van der Waals surface area contributed by atoms with Crippen molar-refractivity contribution in [1.29, 1.82) is 0 Å². The molecular weight excluding hydrogens is 256 g/mol. The number of hydrogen-bond acceptors (Lipinski definition) is 5. The topological polar surface area (TPSA) is 69.2 Å². The van der Waals surface area contributed by atoms with E-state index in [0.29, 0.717) is 29.0 Å². The van der Waals surface area contributed by atoms with Crippen LogP contribution in [0.1, 0.15) is 44.6 Å². The Hall–Kier alpha value is -2.56. The first-order chi connectivity index (χ1) is 9.65. The lowest BCUT2D eigenvalue weighted by Crippen LogP contribution is -2.24. The van der Waals surface area contributed by atoms with Crippen LogP contribution in [-0.2, 0) is 0 Å².